The Hall–Kier alpha value is -0.420. The molecule has 0 aromatic heterocycles. The van der Waals surface area contributed by atoms with Crippen LogP contribution >= 0.6 is 11.8 Å². The van der Waals surface area contributed by atoms with E-state index in [0.29, 0.717) is 26.1 Å². The van der Waals surface area contributed by atoms with Crippen LogP contribution in [0.4, 0.5) is 4.79 Å². The van der Waals surface area contributed by atoms with Crippen LogP contribution in [0.5, 0.6) is 0 Å². The van der Waals surface area contributed by atoms with Crippen molar-refractivity contribution in [3.05, 3.63) is 0 Å². The van der Waals surface area contributed by atoms with Crippen LogP contribution in [0.3, 0.4) is 0 Å². The zero-order valence-electron chi connectivity index (χ0n) is 12.0. The van der Waals surface area contributed by atoms with Gasteiger partial charge in [-0.1, -0.05) is 13.3 Å². The summed E-state index contributed by atoms with van der Waals surface area (Å²) < 4.78 is 5.27. The molecule has 1 saturated heterocycles. The molecule has 2 aliphatic rings. The smallest absolute Gasteiger partial charge is 0.409 e. The number of hydrogen-bond acceptors (Lipinski definition) is 4. The Morgan fingerprint density at radius 3 is 2.74 bits per heavy atom. The van der Waals surface area contributed by atoms with Gasteiger partial charge >= 0.3 is 6.09 Å². The molecule has 0 bridgehead atoms. The van der Waals surface area contributed by atoms with Gasteiger partial charge in [0.25, 0.3) is 0 Å². The molecule has 1 aliphatic carbocycles. The first-order valence-electron chi connectivity index (χ1n) is 7.20. The maximum Gasteiger partial charge on any atom is 0.409 e. The average molecular weight is 287 g/mol. The molecule has 1 heterocycles. The number of amides is 1. The highest BCUT2D eigenvalue weighted by atomic mass is 32.2. The van der Waals surface area contributed by atoms with Gasteiger partial charge in [-0.15, -0.1) is 0 Å². The van der Waals surface area contributed by atoms with E-state index in [2.05, 4.69) is 6.92 Å². The highest BCUT2D eigenvalue weighted by Gasteiger charge is 2.61. The van der Waals surface area contributed by atoms with Gasteiger partial charge in [-0.25, -0.2) is 4.79 Å². The van der Waals surface area contributed by atoms with Crippen LogP contribution in [0.2, 0.25) is 0 Å². The molecule has 1 saturated carbocycles. The minimum Gasteiger partial charge on any atom is -0.449 e. The number of rotatable bonds is 5. The van der Waals surface area contributed by atoms with Gasteiger partial charge < -0.3 is 14.7 Å². The number of nitrogens with zero attached hydrogens (tertiary/aromatic N) is 1. The van der Waals surface area contributed by atoms with Gasteiger partial charge in [0.05, 0.1) is 12.2 Å². The molecule has 1 spiro atoms. The van der Waals surface area contributed by atoms with Gasteiger partial charge in [0.1, 0.15) is 0 Å². The summed E-state index contributed by atoms with van der Waals surface area (Å²) in [5.41, 5.74) is -0.648. The summed E-state index contributed by atoms with van der Waals surface area (Å²) in [4.78, 5) is 13.8. The summed E-state index contributed by atoms with van der Waals surface area (Å²) in [6.45, 7) is 3.86. The lowest BCUT2D eigenvalue weighted by Crippen LogP contribution is -2.56. The molecule has 1 atom stereocenters. The third-order valence-corrected chi connectivity index (χ3v) is 5.26. The predicted molar refractivity (Wildman–Crippen MR) is 77.4 cm³/mol. The van der Waals surface area contributed by atoms with Crippen molar-refractivity contribution in [2.24, 2.45) is 5.41 Å². The summed E-state index contributed by atoms with van der Waals surface area (Å²) >= 11 is 1.69. The summed E-state index contributed by atoms with van der Waals surface area (Å²) in [5.74, 6) is 0.770. The molecule has 19 heavy (non-hydrogen) atoms. The van der Waals surface area contributed by atoms with Crippen LogP contribution < -0.4 is 0 Å². The quantitative estimate of drug-likeness (QED) is 0.789. The first kappa shape index (κ1) is 15.0. The molecule has 1 aliphatic heterocycles. The fourth-order valence-electron chi connectivity index (χ4n) is 2.97. The Bertz CT molecular complexity index is 333. The summed E-state index contributed by atoms with van der Waals surface area (Å²) in [7, 11) is 0. The monoisotopic (exact) mass is 287 g/mol. The van der Waals surface area contributed by atoms with Gasteiger partial charge in [-0.3, -0.25) is 0 Å². The lowest BCUT2D eigenvalue weighted by molar-refractivity contribution is -0.0649. The van der Waals surface area contributed by atoms with E-state index in [1.54, 1.807) is 16.7 Å². The maximum absolute atomic E-state index is 12.0. The molecule has 2 rings (SSSR count). The van der Waals surface area contributed by atoms with Gasteiger partial charge in [0.15, 0.2) is 0 Å². The van der Waals surface area contributed by atoms with E-state index in [9.17, 15) is 9.90 Å². The van der Waals surface area contributed by atoms with Crippen molar-refractivity contribution in [1.29, 1.82) is 0 Å². The second kappa shape index (κ2) is 5.92. The van der Waals surface area contributed by atoms with E-state index in [1.807, 2.05) is 6.26 Å². The van der Waals surface area contributed by atoms with Crippen LogP contribution in [0.25, 0.3) is 0 Å². The number of ether oxygens (including phenoxy) is 1. The number of thioether (sulfide) groups is 1. The SMILES string of the molecule is CCCCOC(=O)N1CCC(O)(CSC)C2(CC2)C1. The Morgan fingerprint density at radius 2 is 2.16 bits per heavy atom. The Balaban J connectivity index is 1.90. The largest absolute Gasteiger partial charge is 0.449 e. The van der Waals surface area contributed by atoms with Gasteiger partial charge in [0.2, 0.25) is 0 Å². The molecule has 1 N–H and O–H groups in total. The summed E-state index contributed by atoms with van der Waals surface area (Å²) in [5, 5.41) is 10.8. The van der Waals surface area contributed by atoms with Crippen LogP contribution in [-0.2, 0) is 4.74 Å². The fourth-order valence-corrected chi connectivity index (χ4v) is 3.89. The third-order valence-electron chi connectivity index (χ3n) is 4.49. The number of carbonyl (C=O) groups excluding carboxylic acids is 1. The Morgan fingerprint density at radius 1 is 1.42 bits per heavy atom. The zero-order chi connectivity index (χ0) is 13.9. The second-order valence-electron chi connectivity index (χ2n) is 5.88. The molecule has 1 amide bonds. The number of carbonyl (C=O) groups is 1. The molecule has 0 aromatic rings. The van der Waals surface area contributed by atoms with Crippen molar-refractivity contribution in [2.75, 3.05) is 31.7 Å². The molecule has 2 fully saturated rings. The van der Waals surface area contributed by atoms with Crippen molar-refractivity contribution in [1.82, 2.24) is 4.90 Å². The number of piperidine rings is 1. The van der Waals surface area contributed by atoms with Crippen molar-refractivity contribution in [3.63, 3.8) is 0 Å². The van der Waals surface area contributed by atoms with Crippen molar-refractivity contribution in [3.8, 4) is 0 Å². The summed E-state index contributed by atoms with van der Waals surface area (Å²) in [6.07, 6.45) is 6.51. The average Bonchev–Trinajstić information content (AvgIpc) is 3.15. The van der Waals surface area contributed by atoms with Crippen molar-refractivity contribution in [2.45, 2.75) is 44.6 Å². The van der Waals surface area contributed by atoms with Crippen LogP contribution in [0, 0.1) is 5.41 Å². The normalized spacial score (nSPS) is 28.5. The van der Waals surface area contributed by atoms with Crippen LogP contribution in [-0.4, -0.2) is 53.4 Å². The highest BCUT2D eigenvalue weighted by molar-refractivity contribution is 7.98. The Labute approximate surface area is 119 Å². The first-order valence-corrected chi connectivity index (χ1v) is 8.59. The van der Waals surface area contributed by atoms with Gasteiger partial charge in [0, 0.05) is 24.3 Å². The predicted octanol–water partition coefficient (Wildman–Crippen LogP) is 2.50. The minimum atomic E-state index is -0.591. The third kappa shape index (κ3) is 3.02. The lowest BCUT2D eigenvalue weighted by atomic mass is 9.79. The van der Waals surface area contributed by atoms with E-state index >= 15 is 0 Å². The van der Waals surface area contributed by atoms with Crippen LogP contribution in [0.1, 0.15) is 39.0 Å². The number of unbranched alkanes of at least 4 members (excludes halogenated alkanes) is 1. The zero-order valence-corrected chi connectivity index (χ0v) is 12.8. The van der Waals surface area contributed by atoms with Gasteiger partial charge in [-0.2, -0.15) is 11.8 Å². The van der Waals surface area contributed by atoms with Crippen molar-refractivity contribution < 1.29 is 14.6 Å². The van der Waals surface area contributed by atoms with E-state index < -0.39 is 5.60 Å². The van der Waals surface area contributed by atoms with Crippen molar-refractivity contribution >= 4 is 17.9 Å². The van der Waals surface area contributed by atoms with E-state index in [-0.39, 0.29) is 11.5 Å². The summed E-state index contributed by atoms with van der Waals surface area (Å²) in [6, 6.07) is 0. The molecule has 1 unspecified atom stereocenters. The number of likely N-dealkylation sites (tertiary alicyclic amines) is 1. The van der Waals surface area contributed by atoms with E-state index in [4.69, 9.17) is 4.74 Å². The topological polar surface area (TPSA) is 49.8 Å². The van der Waals surface area contributed by atoms with Crippen LogP contribution in [0.15, 0.2) is 0 Å². The molecule has 0 radical (unpaired) electrons. The first-order chi connectivity index (χ1) is 9.07. The highest BCUT2D eigenvalue weighted by Crippen LogP contribution is 2.58. The standard InChI is InChI=1S/C14H25NO3S/c1-3-4-9-18-12(16)15-8-7-14(17,11-19-2)13(10-15)5-6-13/h17H,3-11H2,1-2H3. The minimum absolute atomic E-state index is 0.0575. The lowest BCUT2D eigenvalue weighted by Gasteiger charge is -2.44. The molecule has 5 heteroatoms. The molecule has 4 nitrogen and oxygen atoms in total. The fraction of sp³-hybridized carbons (Fsp3) is 0.929. The number of hydrogen-bond donors (Lipinski definition) is 1. The number of aliphatic hydroxyl groups is 1. The second-order valence-corrected chi connectivity index (χ2v) is 6.75. The molecular formula is C14H25NO3S. The van der Waals surface area contributed by atoms with E-state index in [1.165, 1.54) is 0 Å². The molecular weight excluding hydrogens is 262 g/mol. The maximum atomic E-state index is 12.0. The molecule has 110 valence electrons. The van der Waals surface area contributed by atoms with E-state index in [0.717, 1.165) is 31.4 Å². The Kier molecular flexibility index (Phi) is 4.66. The molecule has 0 aromatic carbocycles. The van der Waals surface area contributed by atoms with Gasteiger partial charge in [-0.05, 0) is 31.9 Å².